The van der Waals surface area contributed by atoms with Gasteiger partial charge in [0.2, 0.25) is 0 Å². The molecule has 1 rings (SSSR count). The molecule has 1 aliphatic rings. The van der Waals surface area contributed by atoms with Crippen molar-refractivity contribution < 1.29 is 14.4 Å². The number of carbonyl (C=O) groups excluding carboxylic acids is 3. The normalized spacial score (nSPS) is 20.8. The Morgan fingerprint density at radius 3 is 2.23 bits per heavy atom. The Morgan fingerprint density at radius 2 is 1.85 bits per heavy atom. The molecule has 0 bridgehead atoms. The molecule has 0 spiro atoms. The molecular formula is C9H11BrO3. The van der Waals surface area contributed by atoms with Crippen LogP contribution in [0.15, 0.2) is 0 Å². The van der Waals surface area contributed by atoms with Crippen LogP contribution in [0.1, 0.15) is 26.2 Å². The van der Waals surface area contributed by atoms with Gasteiger partial charge in [0.05, 0.1) is 10.7 Å². The first-order valence-corrected chi connectivity index (χ1v) is 5.27. The van der Waals surface area contributed by atoms with Crippen molar-refractivity contribution in [1.29, 1.82) is 0 Å². The van der Waals surface area contributed by atoms with Crippen molar-refractivity contribution in [3.63, 3.8) is 0 Å². The lowest BCUT2D eigenvalue weighted by Gasteiger charge is -2.18. The Hall–Kier alpha value is -0.510. The number of ketones is 3. The Balaban J connectivity index is 2.79. The largest absolute Gasteiger partial charge is 0.299 e. The van der Waals surface area contributed by atoms with Gasteiger partial charge >= 0.3 is 0 Å². The number of rotatable bonds is 3. The predicted octanol–water partition coefficient (Wildman–Crippen LogP) is 1.28. The van der Waals surface area contributed by atoms with Crippen LogP contribution in [-0.2, 0) is 14.4 Å². The summed E-state index contributed by atoms with van der Waals surface area (Å²) in [7, 11) is 0. The van der Waals surface area contributed by atoms with E-state index in [1.807, 2.05) is 0 Å². The van der Waals surface area contributed by atoms with Gasteiger partial charge < -0.3 is 0 Å². The summed E-state index contributed by atoms with van der Waals surface area (Å²) in [6.45, 7) is 1.57. The topological polar surface area (TPSA) is 51.2 Å². The molecule has 0 amide bonds. The van der Waals surface area contributed by atoms with Crippen molar-refractivity contribution in [2.75, 3.05) is 5.33 Å². The zero-order valence-electron chi connectivity index (χ0n) is 7.43. The van der Waals surface area contributed by atoms with Crippen molar-refractivity contribution in [3.8, 4) is 0 Å². The van der Waals surface area contributed by atoms with Gasteiger partial charge in [0.15, 0.2) is 0 Å². The highest BCUT2D eigenvalue weighted by Gasteiger charge is 2.46. The van der Waals surface area contributed by atoms with Crippen molar-refractivity contribution in [2.24, 2.45) is 5.41 Å². The molecule has 0 aromatic carbocycles. The molecule has 0 N–H and O–H groups in total. The van der Waals surface area contributed by atoms with E-state index in [9.17, 15) is 14.4 Å². The monoisotopic (exact) mass is 246 g/mol. The summed E-state index contributed by atoms with van der Waals surface area (Å²) in [6.07, 6.45) is 0.645. The minimum Gasteiger partial charge on any atom is -0.299 e. The van der Waals surface area contributed by atoms with E-state index in [-0.39, 0.29) is 29.1 Å². The second-order valence-electron chi connectivity index (χ2n) is 3.53. The Labute approximate surface area is 85.0 Å². The van der Waals surface area contributed by atoms with E-state index in [0.29, 0.717) is 12.8 Å². The summed E-state index contributed by atoms with van der Waals surface area (Å²) in [5.41, 5.74) is -1.02. The van der Waals surface area contributed by atoms with Crippen LogP contribution in [0.2, 0.25) is 0 Å². The van der Waals surface area contributed by atoms with E-state index >= 15 is 0 Å². The average molecular weight is 247 g/mol. The summed E-state index contributed by atoms with van der Waals surface area (Å²) < 4.78 is 0. The molecule has 0 radical (unpaired) electrons. The number of halogens is 1. The third-order valence-corrected chi connectivity index (χ3v) is 3.14. The lowest BCUT2D eigenvalue weighted by Crippen LogP contribution is -2.32. The smallest absolute Gasteiger partial charge is 0.147 e. The first-order chi connectivity index (χ1) is 6.00. The predicted molar refractivity (Wildman–Crippen MR) is 50.8 cm³/mol. The molecule has 1 saturated carbocycles. The number of carbonyl (C=O) groups is 3. The second kappa shape index (κ2) is 3.70. The molecule has 0 aromatic rings. The zero-order chi connectivity index (χ0) is 10.1. The van der Waals surface area contributed by atoms with Crippen LogP contribution in [0.4, 0.5) is 0 Å². The first kappa shape index (κ1) is 10.6. The average Bonchev–Trinajstić information content (AvgIpc) is 2.33. The maximum absolute atomic E-state index is 11.4. The SMILES string of the molecule is CC1(CC(=O)CBr)C(=O)CCC1=O. The zero-order valence-corrected chi connectivity index (χ0v) is 9.02. The quantitative estimate of drug-likeness (QED) is 0.557. The minimum atomic E-state index is -1.02. The van der Waals surface area contributed by atoms with Crippen LogP contribution in [0, 0.1) is 5.41 Å². The molecule has 1 aliphatic carbocycles. The second-order valence-corrected chi connectivity index (χ2v) is 4.09. The van der Waals surface area contributed by atoms with Crippen LogP contribution in [0.5, 0.6) is 0 Å². The van der Waals surface area contributed by atoms with Crippen molar-refractivity contribution >= 4 is 33.3 Å². The van der Waals surface area contributed by atoms with E-state index in [1.165, 1.54) is 0 Å². The first-order valence-electron chi connectivity index (χ1n) is 4.15. The van der Waals surface area contributed by atoms with Gasteiger partial charge in [-0.2, -0.15) is 0 Å². The summed E-state index contributed by atoms with van der Waals surface area (Å²) in [5, 5.41) is 0.211. The van der Waals surface area contributed by atoms with Gasteiger partial charge in [-0.3, -0.25) is 14.4 Å². The molecule has 13 heavy (non-hydrogen) atoms. The molecule has 1 fully saturated rings. The summed E-state index contributed by atoms with van der Waals surface area (Å²) in [5.74, 6) is -0.273. The number of alkyl halides is 1. The van der Waals surface area contributed by atoms with E-state index in [2.05, 4.69) is 15.9 Å². The fourth-order valence-corrected chi connectivity index (χ4v) is 1.77. The van der Waals surface area contributed by atoms with Gasteiger partial charge in [-0.05, 0) is 6.92 Å². The molecule has 0 saturated heterocycles. The lowest BCUT2D eigenvalue weighted by molar-refractivity contribution is -0.137. The van der Waals surface area contributed by atoms with E-state index in [1.54, 1.807) is 6.92 Å². The summed E-state index contributed by atoms with van der Waals surface area (Å²) >= 11 is 3.01. The van der Waals surface area contributed by atoms with E-state index in [0.717, 1.165) is 0 Å². The van der Waals surface area contributed by atoms with Gasteiger partial charge in [-0.15, -0.1) is 0 Å². The van der Waals surface area contributed by atoms with Crippen molar-refractivity contribution in [3.05, 3.63) is 0 Å². The molecular weight excluding hydrogens is 236 g/mol. The van der Waals surface area contributed by atoms with Crippen LogP contribution in [0.25, 0.3) is 0 Å². The summed E-state index contributed by atoms with van der Waals surface area (Å²) in [4.78, 5) is 33.9. The fraction of sp³-hybridized carbons (Fsp3) is 0.667. The molecule has 0 heterocycles. The van der Waals surface area contributed by atoms with Crippen LogP contribution < -0.4 is 0 Å². The number of hydrogen-bond donors (Lipinski definition) is 0. The highest BCUT2D eigenvalue weighted by atomic mass is 79.9. The van der Waals surface area contributed by atoms with E-state index < -0.39 is 5.41 Å². The van der Waals surface area contributed by atoms with Crippen LogP contribution in [0.3, 0.4) is 0 Å². The van der Waals surface area contributed by atoms with Crippen molar-refractivity contribution in [2.45, 2.75) is 26.2 Å². The van der Waals surface area contributed by atoms with E-state index in [4.69, 9.17) is 0 Å². The molecule has 0 unspecified atom stereocenters. The van der Waals surface area contributed by atoms with Gasteiger partial charge in [0.25, 0.3) is 0 Å². The fourth-order valence-electron chi connectivity index (χ4n) is 1.57. The third-order valence-electron chi connectivity index (χ3n) is 2.51. The Bertz CT molecular complexity index is 254. The number of hydrogen-bond acceptors (Lipinski definition) is 3. The molecule has 72 valence electrons. The molecule has 0 aliphatic heterocycles. The molecule has 0 aromatic heterocycles. The lowest BCUT2D eigenvalue weighted by atomic mass is 9.82. The van der Waals surface area contributed by atoms with Gasteiger partial charge in [0, 0.05) is 19.3 Å². The van der Waals surface area contributed by atoms with Crippen LogP contribution >= 0.6 is 15.9 Å². The maximum Gasteiger partial charge on any atom is 0.147 e. The van der Waals surface area contributed by atoms with Gasteiger partial charge in [0.1, 0.15) is 17.3 Å². The maximum atomic E-state index is 11.4. The number of Topliss-reactive ketones (excluding diaryl/α,β-unsaturated/α-hetero) is 3. The highest BCUT2D eigenvalue weighted by molar-refractivity contribution is 9.09. The minimum absolute atomic E-state index is 0.0515. The van der Waals surface area contributed by atoms with Crippen molar-refractivity contribution in [1.82, 2.24) is 0 Å². The van der Waals surface area contributed by atoms with Gasteiger partial charge in [-0.25, -0.2) is 0 Å². The third kappa shape index (κ3) is 1.88. The van der Waals surface area contributed by atoms with Crippen LogP contribution in [-0.4, -0.2) is 22.7 Å². The molecule has 0 atom stereocenters. The molecule has 3 nitrogen and oxygen atoms in total. The molecule has 4 heteroatoms. The summed E-state index contributed by atoms with van der Waals surface area (Å²) in [6, 6.07) is 0. The standard InChI is InChI=1S/C9H11BrO3/c1-9(4-6(11)5-10)7(12)2-3-8(9)13/h2-5H2,1H3. The Kier molecular flexibility index (Phi) is 3.01. The highest BCUT2D eigenvalue weighted by Crippen LogP contribution is 2.34. The van der Waals surface area contributed by atoms with Gasteiger partial charge in [-0.1, -0.05) is 15.9 Å². The Morgan fingerprint density at radius 1 is 1.38 bits per heavy atom.